The molecular formula is C28H28ClN7O4S. The van der Waals surface area contributed by atoms with Crippen LogP contribution in [0.25, 0.3) is 0 Å². The van der Waals surface area contributed by atoms with E-state index in [4.69, 9.17) is 16.0 Å². The van der Waals surface area contributed by atoms with Crippen molar-refractivity contribution in [1.29, 1.82) is 0 Å². The van der Waals surface area contributed by atoms with Crippen LogP contribution in [0.1, 0.15) is 30.4 Å². The van der Waals surface area contributed by atoms with E-state index in [2.05, 4.69) is 30.9 Å². The molecule has 1 amide bonds. The molecule has 1 aromatic carbocycles. The molecule has 1 fully saturated rings. The van der Waals surface area contributed by atoms with E-state index in [1.807, 2.05) is 30.5 Å². The lowest BCUT2D eigenvalue weighted by Crippen LogP contribution is -2.39. The van der Waals surface area contributed by atoms with Crippen molar-refractivity contribution in [3.63, 3.8) is 0 Å². The minimum Gasteiger partial charge on any atom is -0.452 e. The number of rotatable bonds is 5. The maximum absolute atomic E-state index is 13.1. The van der Waals surface area contributed by atoms with Gasteiger partial charge in [-0.2, -0.15) is 9.29 Å². The maximum Gasteiger partial charge on any atom is 0.276 e. The Morgan fingerprint density at radius 2 is 1.93 bits per heavy atom. The van der Waals surface area contributed by atoms with Gasteiger partial charge in [0.05, 0.1) is 24.3 Å². The van der Waals surface area contributed by atoms with E-state index >= 15 is 0 Å². The van der Waals surface area contributed by atoms with Gasteiger partial charge in [-0.1, -0.05) is 11.6 Å². The molecule has 3 aromatic heterocycles. The highest BCUT2D eigenvalue weighted by molar-refractivity contribution is 7.89. The molecule has 0 aliphatic carbocycles. The third-order valence-electron chi connectivity index (χ3n) is 7.26. The Labute approximate surface area is 242 Å². The number of piperidine rings is 1. The zero-order chi connectivity index (χ0) is 28.4. The fourth-order valence-corrected chi connectivity index (χ4v) is 6.62. The number of amides is 1. The average Bonchev–Trinajstić information content (AvgIpc) is 3.51. The second-order valence-corrected chi connectivity index (χ2v) is 12.4. The molecule has 6 rings (SSSR count). The fraction of sp³-hybridized carbons (Fsp3) is 0.286. The number of benzene rings is 1. The topological polar surface area (TPSA) is 142 Å². The number of nitrogens with one attached hydrogen (secondary N) is 3. The molecule has 0 radical (unpaired) electrons. The number of aromatic nitrogens is 3. The third-order valence-corrected chi connectivity index (χ3v) is 9.32. The molecule has 11 nitrogen and oxygen atoms in total. The Morgan fingerprint density at radius 3 is 2.73 bits per heavy atom. The number of sulfonamides is 1. The molecule has 13 heteroatoms. The minimum absolute atomic E-state index is 0.0537. The van der Waals surface area contributed by atoms with E-state index in [0.29, 0.717) is 62.0 Å². The Kier molecular flexibility index (Phi) is 7.61. The quantitative estimate of drug-likeness (QED) is 0.287. The monoisotopic (exact) mass is 593 g/mol. The van der Waals surface area contributed by atoms with Crippen LogP contribution in [0.3, 0.4) is 0 Å². The zero-order valence-corrected chi connectivity index (χ0v) is 23.6. The van der Waals surface area contributed by atoms with Gasteiger partial charge in [-0.15, -0.1) is 0 Å². The summed E-state index contributed by atoms with van der Waals surface area (Å²) in [7, 11) is -3.65. The van der Waals surface area contributed by atoms with Crippen molar-refractivity contribution in [3.05, 3.63) is 77.4 Å². The Balaban J connectivity index is 1.16. The second kappa shape index (κ2) is 11.5. The Bertz CT molecular complexity index is 1670. The van der Waals surface area contributed by atoms with Gasteiger partial charge >= 0.3 is 0 Å². The smallest absolute Gasteiger partial charge is 0.276 e. The first-order valence-corrected chi connectivity index (χ1v) is 15.1. The number of nitrogens with zero attached hydrogens (tertiary/aromatic N) is 4. The molecule has 0 atom stereocenters. The summed E-state index contributed by atoms with van der Waals surface area (Å²) in [5, 5.41) is 9.84. The van der Waals surface area contributed by atoms with Gasteiger partial charge in [-0.25, -0.2) is 13.4 Å². The lowest BCUT2D eigenvalue weighted by Gasteiger charge is -2.30. The van der Waals surface area contributed by atoms with Gasteiger partial charge in [0.2, 0.25) is 16.9 Å². The SMILES string of the molecule is O=C(CC1CCN(S(=O)(=O)c2ccco2)CC1)Nc1ccc2cc1CCc1cncc(c1)Nc1ncc(Cl)c(n1)N2. The Hall–Kier alpha value is -4.00. The molecular weight excluding hydrogens is 566 g/mol. The number of hydrogen-bond acceptors (Lipinski definition) is 9. The molecule has 5 heterocycles. The highest BCUT2D eigenvalue weighted by Gasteiger charge is 2.32. The molecule has 212 valence electrons. The summed E-state index contributed by atoms with van der Waals surface area (Å²) in [5.41, 5.74) is 4.24. The van der Waals surface area contributed by atoms with Crippen LogP contribution < -0.4 is 16.0 Å². The van der Waals surface area contributed by atoms with Gasteiger partial charge in [0.25, 0.3) is 10.0 Å². The summed E-state index contributed by atoms with van der Waals surface area (Å²) in [6.45, 7) is 0.698. The predicted molar refractivity (Wildman–Crippen MR) is 155 cm³/mol. The van der Waals surface area contributed by atoms with Gasteiger partial charge in [0.15, 0.2) is 5.82 Å². The van der Waals surface area contributed by atoms with E-state index in [9.17, 15) is 13.2 Å². The van der Waals surface area contributed by atoms with Crippen molar-refractivity contribution >= 4 is 56.4 Å². The number of hydrogen-bond donors (Lipinski definition) is 3. The van der Waals surface area contributed by atoms with E-state index < -0.39 is 10.0 Å². The standard InChI is InChI=1S/C28H28ClN7O4S/c29-23-17-31-28-33-22-12-19(15-30-16-22)3-4-20-14-21(32-27(23)35-28)5-6-24(20)34-25(37)13-18-7-9-36(10-8-18)41(38,39)26-2-1-11-40-26/h1-2,5-6,11-12,14-18H,3-4,7-10,13H2,(H,34,37)(H2,31,32,33,35). The molecule has 0 unspecified atom stereocenters. The lowest BCUT2D eigenvalue weighted by atomic mass is 9.94. The lowest BCUT2D eigenvalue weighted by molar-refractivity contribution is -0.117. The summed E-state index contributed by atoms with van der Waals surface area (Å²) < 4.78 is 32.0. The summed E-state index contributed by atoms with van der Waals surface area (Å²) in [6.07, 6.45) is 9.28. The van der Waals surface area contributed by atoms with Gasteiger partial charge < -0.3 is 20.4 Å². The zero-order valence-electron chi connectivity index (χ0n) is 22.0. The summed E-state index contributed by atoms with van der Waals surface area (Å²) >= 11 is 6.36. The molecule has 0 saturated carbocycles. The number of carbonyl (C=O) groups is 1. The van der Waals surface area contributed by atoms with E-state index in [-0.39, 0.29) is 16.9 Å². The highest BCUT2D eigenvalue weighted by atomic mass is 35.5. The first-order chi connectivity index (χ1) is 19.8. The maximum atomic E-state index is 13.1. The van der Waals surface area contributed by atoms with Crippen molar-refractivity contribution in [2.45, 2.75) is 37.2 Å². The van der Waals surface area contributed by atoms with Crippen molar-refractivity contribution in [2.75, 3.05) is 29.0 Å². The van der Waals surface area contributed by atoms with Gasteiger partial charge in [-0.05, 0) is 79.1 Å². The molecule has 0 spiro atoms. The number of pyridine rings is 1. The first kappa shape index (κ1) is 27.2. The number of fused-ring (bicyclic) bond motifs is 6. The van der Waals surface area contributed by atoms with Crippen LogP contribution in [0.15, 0.2) is 70.8 Å². The molecule has 6 bridgehead atoms. The first-order valence-electron chi connectivity index (χ1n) is 13.3. The molecule has 2 aliphatic heterocycles. The molecule has 1 saturated heterocycles. The molecule has 4 aromatic rings. The fourth-order valence-electron chi connectivity index (χ4n) is 5.11. The molecule has 41 heavy (non-hydrogen) atoms. The minimum atomic E-state index is -3.65. The van der Waals surface area contributed by atoms with Crippen molar-refractivity contribution in [3.8, 4) is 0 Å². The number of halogens is 1. The normalized spacial score (nSPS) is 15.9. The second-order valence-electron chi connectivity index (χ2n) is 10.1. The van der Waals surface area contributed by atoms with Crippen LogP contribution in [0.4, 0.5) is 28.8 Å². The van der Waals surface area contributed by atoms with Crippen LogP contribution >= 0.6 is 11.6 Å². The number of aryl methyl sites for hydroxylation is 2. The predicted octanol–water partition coefficient (Wildman–Crippen LogP) is 5.13. The third kappa shape index (κ3) is 6.19. The van der Waals surface area contributed by atoms with Crippen molar-refractivity contribution in [2.24, 2.45) is 5.92 Å². The van der Waals surface area contributed by atoms with Gasteiger partial charge in [-0.3, -0.25) is 9.78 Å². The summed E-state index contributed by atoms with van der Waals surface area (Å²) in [4.78, 5) is 26.2. The number of carbonyl (C=O) groups excluding carboxylic acids is 1. The van der Waals surface area contributed by atoms with Crippen molar-refractivity contribution < 1.29 is 17.6 Å². The number of furan rings is 1. The summed E-state index contributed by atoms with van der Waals surface area (Å²) in [6, 6.07) is 10.7. The average molecular weight is 594 g/mol. The van der Waals surface area contributed by atoms with Crippen LogP contribution in [-0.2, 0) is 27.7 Å². The summed E-state index contributed by atoms with van der Waals surface area (Å²) in [5.74, 6) is 0.826. The highest BCUT2D eigenvalue weighted by Crippen LogP contribution is 2.30. The van der Waals surface area contributed by atoms with Gasteiger partial charge in [0.1, 0.15) is 5.02 Å². The van der Waals surface area contributed by atoms with Crippen LogP contribution in [0.5, 0.6) is 0 Å². The largest absolute Gasteiger partial charge is 0.452 e. The van der Waals surface area contributed by atoms with Crippen LogP contribution in [-0.4, -0.2) is 46.7 Å². The van der Waals surface area contributed by atoms with Crippen molar-refractivity contribution in [1.82, 2.24) is 19.3 Å². The molecule has 2 aliphatic rings. The van der Waals surface area contributed by atoms with E-state index in [1.165, 1.54) is 22.8 Å². The van der Waals surface area contributed by atoms with E-state index in [0.717, 1.165) is 28.2 Å². The Morgan fingerprint density at radius 1 is 1.07 bits per heavy atom. The number of anilines is 5. The molecule has 3 N–H and O–H groups in total. The van der Waals surface area contributed by atoms with E-state index in [1.54, 1.807) is 12.3 Å². The van der Waals surface area contributed by atoms with Crippen LogP contribution in [0, 0.1) is 5.92 Å². The van der Waals surface area contributed by atoms with Gasteiger partial charge in [0, 0.05) is 37.1 Å². The van der Waals surface area contributed by atoms with Crippen LogP contribution in [0.2, 0.25) is 5.02 Å².